The molecule has 3 heterocycles. The largest absolute Gasteiger partial charge is 0.459 e. The molecule has 0 saturated carbocycles. The predicted molar refractivity (Wildman–Crippen MR) is 89.0 cm³/mol. The summed E-state index contributed by atoms with van der Waals surface area (Å²) < 4.78 is 1.11. The number of aliphatic hydroxyl groups excluding tert-OH is 1. The number of piperidine rings is 1. The van der Waals surface area contributed by atoms with Gasteiger partial charge in [-0.1, -0.05) is 0 Å². The fourth-order valence-corrected chi connectivity index (χ4v) is 3.60. The van der Waals surface area contributed by atoms with E-state index in [0.29, 0.717) is 11.1 Å². The van der Waals surface area contributed by atoms with Crippen molar-refractivity contribution in [1.82, 2.24) is 10.6 Å². The molecule has 1 aromatic carbocycles. The van der Waals surface area contributed by atoms with Crippen molar-refractivity contribution in [1.29, 1.82) is 0 Å². The van der Waals surface area contributed by atoms with E-state index in [9.17, 15) is 19.5 Å². The second-order valence-electron chi connectivity index (χ2n) is 6.43. The van der Waals surface area contributed by atoms with E-state index in [2.05, 4.69) is 15.5 Å². The summed E-state index contributed by atoms with van der Waals surface area (Å²) in [7, 11) is 0. The molecule has 0 aromatic heterocycles. The number of anilines is 1. The molecule has 8 heteroatoms. The lowest BCUT2D eigenvalue weighted by molar-refractivity contribution is -0.464. The van der Waals surface area contributed by atoms with E-state index < -0.39 is 17.9 Å². The summed E-state index contributed by atoms with van der Waals surface area (Å²) in [6.45, 7) is 3.47. The van der Waals surface area contributed by atoms with Crippen molar-refractivity contribution >= 4 is 29.3 Å². The molecule has 8 nitrogen and oxygen atoms in total. The van der Waals surface area contributed by atoms with Gasteiger partial charge in [-0.15, -0.1) is 4.58 Å². The molecule has 1 atom stereocenters. The van der Waals surface area contributed by atoms with Crippen LogP contribution in [-0.2, 0) is 9.59 Å². The fraction of sp³-hybridized carbons (Fsp3) is 0.412. The number of amides is 3. The van der Waals surface area contributed by atoms with Crippen LogP contribution in [0.2, 0.25) is 0 Å². The van der Waals surface area contributed by atoms with E-state index >= 15 is 0 Å². The predicted octanol–water partition coefficient (Wildman–Crippen LogP) is -0.628. The van der Waals surface area contributed by atoms with Gasteiger partial charge in [-0.25, -0.2) is 4.79 Å². The van der Waals surface area contributed by atoms with Gasteiger partial charge in [0.25, 0.3) is 5.91 Å². The third-order valence-electron chi connectivity index (χ3n) is 4.93. The molecule has 0 bridgehead atoms. The molecule has 2 saturated heterocycles. The van der Waals surface area contributed by atoms with Gasteiger partial charge in [0.15, 0.2) is 0 Å². The maximum Gasteiger partial charge on any atom is 0.424 e. The first-order valence-corrected chi connectivity index (χ1v) is 8.39. The van der Waals surface area contributed by atoms with Gasteiger partial charge < -0.3 is 15.3 Å². The van der Waals surface area contributed by atoms with E-state index in [-0.39, 0.29) is 24.6 Å². The highest BCUT2D eigenvalue weighted by atomic mass is 16.3. The second kappa shape index (κ2) is 5.96. The van der Waals surface area contributed by atoms with Crippen LogP contribution in [0.4, 0.5) is 5.69 Å². The lowest BCUT2D eigenvalue weighted by Crippen LogP contribution is -2.51. The zero-order valence-electron chi connectivity index (χ0n) is 13.6. The Morgan fingerprint density at radius 3 is 2.60 bits per heavy atom. The lowest BCUT2D eigenvalue weighted by atomic mass is 10.1. The maximum atomic E-state index is 12.7. The van der Waals surface area contributed by atoms with Crippen LogP contribution < -0.4 is 15.5 Å². The number of benzene rings is 1. The van der Waals surface area contributed by atoms with Gasteiger partial charge in [-0.3, -0.25) is 14.9 Å². The lowest BCUT2D eigenvalue weighted by Gasteiger charge is -2.29. The summed E-state index contributed by atoms with van der Waals surface area (Å²) in [5.74, 6) is -1.53. The average Bonchev–Trinajstić information content (AvgIpc) is 2.87. The number of hydrogen-bond acceptors (Lipinski definition) is 5. The number of nitrogens with zero attached hydrogens (tertiary/aromatic N) is 2. The fourth-order valence-electron chi connectivity index (χ4n) is 3.60. The van der Waals surface area contributed by atoms with Crippen molar-refractivity contribution in [2.75, 3.05) is 31.1 Å². The Balaban J connectivity index is 1.69. The molecule has 4 rings (SSSR count). The molecule has 3 aliphatic heterocycles. The van der Waals surface area contributed by atoms with E-state index in [1.807, 2.05) is 6.07 Å². The van der Waals surface area contributed by atoms with Crippen LogP contribution in [0.25, 0.3) is 0 Å². The van der Waals surface area contributed by atoms with Crippen LogP contribution in [0.15, 0.2) is 18.2 Å². The SMILES string of the molecule is O=C1CCC([N+]2=C(O)c3cc(N4CCNCC4)ccc3C2=O)C(=O)N1. The minimum Gasteiger partial charge on any atom is -0.459 e. The van der Waals surface area contributed by atoms with Crippen LogP contribution >= 0.6 is 0 Å². The molecule has 0 radical (unpaired) electrons. The van der Waals surface area contributed by atoms with Crippen molar-refractivity contribution in [2.24, 2.45) is 0 Å². The van der Waals surface area contributed by atoms with Crippen molar-refractivity contribution in [3.05, 3.63) is 29.3 Å². The molecule has 0 aliphatic carbocycles. The third kappa shape index (κ3) is 2.58. The minimum atomic E-state index is -0.861. The standard InChI is InChI=1S/C17H18N4O4/c22-14-4-3-13(15(23)19-14)21-16(24)11-2-1-10(9-12(11)17(21)25)20-7-5-18-6-8-20/h1-2,9,13,18H,3-8H2,(H,19,22,23)/p+1. The molecule has 3 amide bonds. The van der Waals surface area contributed by atoms with E-state index in [1.165, 1.54) is 0 Å². The number of carbonyl (C=O) groups excluding carboxylic acids is 3. The van der Waals surface area contributed by atoms with Crippen molar-refractivity contribution in [2.45, 2.75) is 18.9 Å². The Morgan fingerprint density at radius 1 is 1.12 bits per heavy atom. The Labute approximate surface area is 144 Å². The normalized spacial score (nSPS) is 23.8. The summed E-state index contributed by atoms with van der Waals surface area (Å²) in [4.78, 5) is 38.3. The van der Waals surface area contributed by atoms with Gasteiger partial charge in [-0.2, -0.15) is 0 Å². The highest BCUT2D eigenvalue weighted by molar-refractivity contribution is 6.11. The molecular formula is C17H19N4O4+. The number of nitrogens with one attached hydrogen (secondary N) is 2. The third-order valence-corrected chi connectivity index (χ3v) is 4.93. The zero-order chi connectivity index (χ0) is 17.6. The first kappa shape index (κ1) is 15.8. The number of carbonyl (C=O) groups is 3. The van der Waals surface area contributed by atoms with Gasteiger partial charge in [0.2, 0.25) is 11.9 Å². The number of hydrogen-bond donors (Lipinski definition) is 3. The quantitative estimate of drug-likeness (QED) is 0.488. The number of aliphatic hydroxyl groups is 1. The minimum absolute atomic E-state index is 0.149. The summed E-state index contributed by atoms with van der Waals surface area (Å²) in [6.07, 6.45) is 0.356. The molecular weight excluding hydrogens is 324 g/mol. The first-order chi connectivity index (χ1) is 12.1. The summed E-state index contributed by atoms with van der Waals surface area (Å²) in [5.41, 5.74) is 1.75. The number of piperazine rings is 1. The van der Waals surface area contributed by atoms with Gasteiger partial charge in [0.1, 0.15) is 11.1 Å². The van der Waals surface area contributed by atoms with Crippen LogP contribution in [0.3, 0.4) is 0 Å². The summed E-state index contributed by atoms with van der Waals surface area (Å²) >= 11 is 0. The number of fused-ring (bicyclic) bond motifs is 1. The van der Waals surface area contributed by atoms with Crippen molar-refractivity contribution in [3.63, 3.8) is 0 Å². The molecule has 3 aliphatic rings. The van der Waals surface area contributed by atoms with E-state index in [4.69, 9.17) is 0 Å². The van der Waals surface area contributed by atoms with Crippen LogP contribution in [0.5, 0.6) is 0 Å². The molecule has 1 unspecified atom stereocenters. The smallest absolute Gasteiger partial charge is 0.424 e. The van der Waals surface area contributed by atoms with Crippen LogP contribution in [-0.4, -0.2) is 65.5 Å². The average molecular weight is 343 g/mol. The van der Waals surface area contributed by atoms with Crippen LogP contribution in [0.1, 0.15) is 28.8 Å². The highest BCUT2D eigenvalue weighted by Gasteiger charge is 2.48. The molecule has 25 heavy (non-hydrogen) atoms. The summed E-state index contributed by atoms with van der Waals surface area (Å²) in [5, 5.41) is 16.1. The maximum absolute atomic E-state index is 12.7. The van der Waals surface area contributed by atoms with Gasteiger partial charge >= 0.3 is 11.8 Å². The highest BCUT2D eigenvalue weighted by Crippen LogP contribution is 2.27. The van der Waals surface area contributed by atoms with Gasteiger partial charge in [-0.05, 0) is 18.2 Å². The Kier molecular flexibility index (Phi) is 3.76. The molecule has 2 fully saturated rings. The van der Waals surface area contributed by atoms with Crippen molar-refractivity contribution in [3.8, 4) is 0 Å². The zero-order valence-corrected chi connectivity index (χ0v) is 13.6. The number of imide groups is 1. The second-order valence-corrected chi connectivity index (χ2v) is 6.43. The molecule has 130 valence electrons. The number of rotatable bonds is 2. The van der Waals surface area contributed by atoms with Gasteiger partial charge in [0, 0.05) is 44.7 Å². The Morgan fingerprint density at radius 2 is 1.88 bits per heavy atom. The van der Waals surface area contributed by atoms with E-state index in [1.54, 1.807) is 12.1 Å². The Hall–Kier alpha value is -2.74. The summed E-state index contributed by atoms with van der Waals surface area (Å²) in [6, 6.07) is 4.49. The monoisotopic (exact) mass is 343 g/mol. The Bertz CT molecular complexity index is 811. The topological polar surface area (TPSA) is 102 Å². The van der Waals surface area contributed by atoms with Gasteiger partial charge in [0.05, 0.1) is 0 Å². The van der Waals surface area contributed by atoms with Crippen LogP contribution in [0, 0.1) is 0 Å². The first-order valence-electron chi connectivity index (χ1n) is 8.39. The molecule has 0 spiro atoms. The van der Waals surface area contributed by atoms with E-state index in [0.717, 1.165) is 36.4 Å². The molecule has 3 N–H and O–H groups in total. The molecule has 1 aromatic rings. The van der Waals surface area contributed by atoms with Crippen molar-refractivity contribution < 1.29 is 24.1 Å².